The monoisotopic (exact) mass is 235 g/mol. The van der Waals surface area contributed by atoms with Gasteiger partial charge in [-0.25, -0.2) is 14.6 Å². The number of carbonyl (C=O) groups is 4. The van der Waals surface area contributed by atoms with E-state index in [0.29, 0.717) is 0 Å². The molecule has 2 rings (SSSR count). The van der Waals surface area contributed by atoms with Crippen LogP contribution in [0.1, 0.15) is 0 Å². The first-order chi connectivity index (χ1) is 8.02. The largest absolute Gasteiger partial charge is 0.464 e. The number of fused-ring (bicyclic) bond motifs is 1. The summed E-state index contributed by atoms with van der Waals surface area (Å²) in [6.45, 7) is 0. The van der Waals surface area contributed by atoms with Crippen molar-refractivity contribution in [2.45, 2.75) is 0 Å². The number of methoxy groups -OCH3 is 1. The molecule has 3 amide bonds. The molecule has 0 aromatic rings. The molecule has 0 aromatic heterocycles. The quantitative estimate of drug-likeness (QED) is 0.571. The van der Waals surface area contributed by atoms with Gasteiger partial charge in [-0.05, 0) is 0 Å². The van der Waals surface area contributed by atoms with Crippen LogP contribution in [-0.2, 0) is 19.1 Å². The maximum absolute atomic E-state index is 11.5. The molecule has 0 spiro atoms. The summed E-state index contributed by atoms with van der Waals surface area (Å²) in [6.07, 6.45) is 0.861. The number of rotatable bonds is 1. The molecule has 2 aliphatic heterocycles. The maximum Gasteiger partial charge on any atom is 0.356 e. The normalized spacial score (nSPS) is 18.6. The molecule has 8 heteroatoms. The molecule has 0 bridgehead atoms. The summed E-state index contributed by atoms with van der Waals surface area (Å²) < 4.78 is 4.37. The highest BCUT2D eigenvalue weighted by Crippen LogP contribution is 2.11. The SMILES string of the molecule is COC(=O)C1=CC(=O)C2=NC(=O)NC(=O)C2=N1. The minimum absolute atomic E-state index is 0.309. The van der Waals surface area contributed by atoms with Crippen molar-refractivity contribution < 1.29 is 23.9 Å². The van der Waals surface area contributed by atoms with Crippen molar-refractivity contribution in [3.63, 3.8) is 0 Å². The smallest absolute Gasteiger partial charge is 0.356 e. The first kappa shape index (κ1) is 10.9. The number of imide groups is 1. The third kappa shape index (κ3) is 1.75. The first-order valence-corrected chi connectivity index (χ1v) is 4.40. The van der Waals surface area contributed by atoms with Crippen LogP contribution in [0.25, 0.3) is 0 Å². The van der Waals surface area contributed by atoms with Crippen molar-refractivity contribution in [2.75, 3.05) is 7.11 Å². The van der Waals surface area contributed by atoms with Crippen LogP contribution in [0.5, 0.6) is 0 Å². The van der Waals surface area contributed by atoms with Crippen molar-refractivity contribution in [1.82, 2.24) is 5.32 Å². The zero-order valence-corrected chi connectivity index (χ0v) is 8.51. The average Bonchev–Trinajstić information content (AvgIpc) is 2.29. The van der Waals surface area contributed by atoms with Gasteiger partial charge in [0.05, 0.1) is 7.11 Å². The van der Waals surface area contributed by atoms with E-state index in [4.69, 9.17) is 0 Å². The van der Waals surface area contributed by atoms with Crippen LogP contribution in [0.2, 0.25) is 0 Å². The van der Waals surface area contributed by atoms with Crippen LogP contribution in [-0.4, -0.2) is 42.2 Å². The Bertz CT molecular complexity index is 555. The Balaban J connectivity index is 2.51. The maximum atomic E-state index is 11.5. The lowest BCUT2D eigenvalue weighted by Gasteiger charge is -2.15. The fourth-order valence-electron chi connectivity index (χ4n) is 1.28. The van der Waals surface area contributed by atoms with E-state index in [1.54, 1.807) is 0 Å². The Kier molecular flexibility index (Phi) is 2.39. The van der Waals surface area contributed by atoms with Gasteiger partial charge in [0, 0.05) is 6.08 Å². The molecule has 0 fully saturated rings. The molecule has 17 heavy (non-hydrogen) atoms. The third-order valence-electron chi connectivity index (χ3n) is 2.00. The molecule has 0 aromatic carbocycles. The molecular formula is C9H5N3O5. The molecule has 0 aliphatic carbocycles. The summed E-state index contributed by atoms with van der Waals surface area (Å²) in [7, 11) is 1.11. The Hall–Kier alpha value is -2.64. The number of amides is 3. The van der Waals surface area contributed by atoms with E-state index in [9.17, 15) is 19.2 Å². The van der Waals surface area contributed by atoms with Gasteiger partial charge in [-0.2, -0.15) is 4.99 Å². The highest BCUT2D eigenvalue weighted by molar-refractivity contribution is 6.85. The first-order valence-electron chi connectivity index (χ1n) is 4.40. The van der Waals surface area contributed by atoms with Gasteiger partial charge in [-0.15, -0.1) is 0 Å². The minimum Gasteiger partial charge on any atom is -0.464 e. The number of hydrogen-bond donors (Lipinski definition) is 1. The van der Waals surface area contributed by atoms with E-state index in [1.165, 1.54) is 0 Å². The van der Waals surface area contributed by atoms with Crippen LogP contribution < -0.4 is 5.32 Å². The van der Waals surface area contributed by atoms with E-state index in [0.717, 1.165) is 13.2 Å². The number of nitrogens with one attached hydrogen (secondary N) is 1. The second-order valence-electron chi connectivity index (χ2n) is 3.07. The number of urea groups is 1. The highest BCUT2D eigenvalue weighted by atomic mass is 16.5. The molecule has 0 saturated heterocycles. The summed E-state index contributed by atoms with van der Waals surface area (Å²) in [5.74, 6) is -2.46. The second-order valence-corrected chi connectivity index (χ2v) is 3.07. The number of carbonyl (C=O) groups excluding carboxylic acids is 4. The van der Waals surface area contributed by atoms with Gasteiger partial charge >= 0.3 is 12.0 Å². The van der Waals surface area contributed by atoms with Crippen LogP contribution in [0.15, 0.2) is 21.8 Å². The molecule has 0 atom stereocenters. The van der Waals surface area contributed by atoms with Crippen LogP contribution in [0.4, 0.5) is 4.79 Å². The van der Waals surface area contributed by atoms with E-state index in [1.807, 2.05) is 5.32 Å². The van der Waals surface area contributed by atoms with Crippen molar-refractivity contribution in [3.8, 4) is 0 Å². The lowest BCUT2D eigenvalue weighted by atomic mass is 10.0. The van der Waals surface area contributed by atoms with Crippen LogP contribution in [0, 0.1) is 0 Å². The Labute approximate surface area is 94.1 Å². The molecule has 2 heterocycles. The lowest BCUT2D eigenvalue weighted by Crippen LogP contribution is -2.47. The lowest BCUT2D eigenvalue weighted by molar-refractivity contribution is -0.136. The van der Waals surface area contributed by atoms with Gasteiger partial charge in [0.25, 0.3) is 5.91 Å². The van der Waals surface area contributed by atoms with Crippen molar-refractivity contribution in [2.24, 2.45) is 9.98 Å². The van der Waals surface area contributed by atoms with Gasteiger partial charge in [0.1, 0.15) is 5.71 Å². The second kappa shape index (κ2) is 3.74. The average molecular weight is 235 g/mol. The fraction of sp³-hybridized carbons (Fsp3) is 0.111. The zero-order chi connectivity index (χ0) is 12.6. The van der Waals surface area contributed by atoms with Crippen molar-refractivity contribution in [3.05, 3.63) is 11.8 Å². The van der Waals surface area contributed by atoms with E-state index in [2.05, 4.69) is 14.7 Å². The molecule has 2 aliphatic rings. The third-order valence-corrected chi connectivity index (χ3v) is 2.00. The van der Waals surface area contributed by atoms with Gasteiger partial charge in [-0.3, -0.25) is 14.9 Å². The molecular weight excluding hydrogens is 230 g/mol. The van der Waals surface area contributed by atoms with E-state index in [-0.39, 0.29) is 17.1 Å². The van der Waals surface area contributed by atoms with E-state index < -0.39 is 23.7 Å². The number of ether oxygens (including phenoxy) is 1. The zero-order valence-electron chi connectivity index (χ0n) is 8.51. The number of aliphatic imine (C=N–C) groups is 2. The van der Waals surface area contributed by atoms with Gasteiger partial charge in [0.2, 0.25) is 5.78 Å². The molecule has 1 N–H and O–H groups in total. The predicted molar refractivity (Wildman–Crippen MR) is 53.5 cm³/mol. The molecule has 86 valence electrons. The fourth-order valence-corrected chi connectivity index (χ4v) is 1.28. The van der Waals surface area contributed by atoms with Gasteiger partial charge in [0.15, 0.2) is 11.4 Å². The molecule has 0 radical (unpaired) electrons. The van der Waals surface area contributed by atoms with Crippen LogP contribution in [0.3, 0.4) is 0 Å². The van der Waals surface area contributed by atoms with Crippen molar-refractivity contribution >= 4 is 35.1 Å². The number of hydrogen-bond acceptors (Lipinski definition) is 6. The van der Waals surface area contributed by atoms with Crippen LogP contribution >= 0.6 is 0 Å². The summed E-state index contributed by atoms with van der Waals surface area (Å²) in [5.41, 5.74) is -1.04. The topological polar surface area (TPSA) is 114 Å². The van der Waals surface area contributed by atoms with Crippen molar-refractivity contribution in [1.29, 1.82) is 0 Å². The Morgan fingerprint density at radius 1 is 1.24 bits per heavy atom. The number of esters is 1. The standard InChI is InChI=1S/C9H5N3O5/c1-17-8(15)3-2-4(13)5-6(10-3)7(14)12-9(16)11-5/h2H,1H3,(H,12,14,16). The number of allylic oxidation sites excluding steroid dienone is 1. The number of ketones is 1. The number of nitrogens with zero attached hydrogens (tertiary/aromatic N) is 2. The molecule has 8 nitrogen and oxygen atoms in total. The molecule has 0 saturated carbocycles. The summed E-state index contributed by atoms with van der Waals surface area (Å²) >= 11 is 0. The molecule has 0 unspecified atom stereocenters. The van der Waals surface area contributed by atoms with Gasteiger partial charge in [-0.1, -0.05) is 0 Å². The summed E-state index contributed by atoms with van der Waals surface area (Å²) in [5, 5.41) is 1.85. The predicted octanol–water partition coefficient (Wildman–Crippen LogP) is -1.24. The highest BCUT2D eigenvalue weighted by Gasteiger charge is 2.34. The van der Waals surface area contributed by atoms with Gasteiger partial charge < -0.3 is 4.74 Å². The Morgan fingerprint density at radius 2 is 1.94 bits per heavy atom. The van der Waals surface area contributed by atoms with E-state index >= 15 is 0 Å². The Morgan fingerprint density at radius 3 is 2.59 bits per heavy atom. The minimum atomic E-state index is -0.938. The summed E-state index contributed by atoms with van der Waals surface area (Å²) in [6, 6.07) is -0.938. The summed E-state index contributed by atoms with van der Waals surface area (Å²) in [4.78, 5) is 51.9.